The highest BCUT2D eigenvalue weighted by atomic mass is 31.2. The molecule has 0 aromatic heterocycles. The Labute approximate surface area is 514 Å². The first-order valence-electron chi connectivity index (χ1n) is 34.9. The van der Waals surface area contributed by atoms with Crippen molar-refractivity contribution < 1.29 is 37.3 Å². The Bertz CT molecular complexity index is 1700. The van der Waals surface area contributed by atoms with E-state index in [9.17, 15) is 19.0 Å². The molecule has 83 heavy (non-hydrogen) atoms. The van der Waals surface area contributed by atoms with E-state index in [0.29, 0.717) is 23.9 Å². The minimum Gasteiger partial charge on any atom is -0.756 e. The molecule has 0 aromatic carbocycles. The van der Waals surface area contributed by atoms with E-state index in [1.54, 1.807) is 0 Å². The lowest BCUT2D eigenvalue weighted by atomic mass is 10.0. The lowest BCUT2D eigenvalue weighted by molar-refractivity contribution is -0.870. The monoisotopic (exact) mass is 1180 g/mol. The molecule has 482 valence electrons. The highest BCUT2D eigenvalue weighted by Gasteiger charge is 2.27. The molecule has 1 N–H and O–H groups in total. The number of rotatable bonds is 63. The molecule has 0 saturated heterocycles. The SMILES string of the molecule is CC/C=C\C/C=C\C/C=C\C/C=C\C/C=C\C/C=C\CCCCC(=O)OC(/C=C/CCCCCCCCCCC)C(COP(=O)([O-])OCC[N+](C)(C)C)NC(=O)CCCCCCCCCCCCCCCCCCCCCCCCCCC. The van der Waals surface area contributed by atoms with E-state index in [-0.39, 0.29) is 24.9 Å². The standard InChI is InChI=1S/C73H133N2O7P/c1-7-10-13-16-19-22-25-27-29-31-33-35-36-37-38-40-41-43-45-47-50-53-56-59-62-65-72(76)74-70(69-81-83(78,79)80-68-67-75(4,5)6)71(64-61-58-55-52-49-24-21-18-15-12-9-3)82-73(77)66-63-60-57-54-51-48-46-44-42-39-34-32-30-28-26-23-20-17-14-11-8-2/h11,14,20,23,28,30,34,39,44,46,51,54,61,64,70-71H,7-10,12-13,15-19,21-22,24-27,29,31-33,35-38,40-43,45,47-50,52-53,55-60,62-63,65-69H2,1-6H3,(H-,74,76,78,79)/b14-11-,23-20-,30-28-,39-34-,46-44-,54-51-,64-61+. The van der Waals surface area contributed by atoms with Crippen molar-refractivity contribution in [2.24, 2.45) is 0 Å². The van der Waals surface area contributed by atoms with Crippen LogP contribution in [0, 0.1) is 0 Å². The van der Waals surface area contributed by atoms with E-state index in [1.165, 1.54) is 186 Å². The second-order valence-corrected chi connectivity index (χ2v) is 26.1. The topological polar surface area (TPSA) is 114 Å². The van der Waals surface area contributed by atoms with Gasteiger partial charge in [0, 0.05) is 12.8 Å². The van der Waals surface area contributed by atoms with Gasteiger partial charge in [0.25, 0.3) is 7.82 Å². The fraction of sp³-hybridized carbons (Fsp3) is 0.781. The van der Waals surface area contributed by atoms with Crippen LogP contribution in [0.2, 0.25) is 0 Å². The molecule has 1 amide bonds. The average molecular weight is 1180 g/mol. The first-order chi connectivity index (χ1) is 40.4. The summed E-state index contributed by atoms with van der Waals surface area (Å²) >= 11 is 0. The number of carbonyl (C=O) groups excluding carboxylic acids is 2. The number of unbranched alkanes of at least 4 members (excludes halogenated alkanes) is 35. The van der Waals surface area contributed by atoms with Crippen molar-refractivity contribution in [3.8, 4) is 0 Å². The Morgan fingerprint density at radius 2 is 0.771 bits per heavy atom. The summed E-state index contributed by atoms with van der Waals surface area (Å²) < 4.78 is 30.4. The van der Waals surface area contributed by atoms with Crippen LogP contribution in [0.15, 0.2) is 85.1 Å². The number of nitrogens with one attached hydrogen (secondary N) is 1. The van der Waals surface area contributed by atoms with Crippen molar-refractivity contribution in [2.45, 2.75) is 328 Å². The molecule has 0 aliphatic rings. The minimum atomic E-state index is -4.71. The van der Waals surface area contributed by atoms with Gasteiger partial charge in [-0.3, -0.25) is 14.2 Å². The number of nitrogens with zero attached hydrogens (tertiary/aromatic N) is 1. The molecule has 0 saturated carbocycles. The molecule has 0 aliphatic carbocycles. The highest BCUT2D eigenvalue weighted by Crippen LogP contribution is 2.38. The van der Waals surface area contributed by atoms with Gasteiger partial charge in [0.15, 0.2) is 0 Å². The van der Waals surface area contributed by atoms with Gasteiger partial charge >= 0.3 is 5.97 Å². The van der Waals surface area contributed by atoms with Crippen molar-refractivity contribution in [2.75, 3.05) is 40.9 Å². The fourth-order valence-electron chi connectivity index (χ4n) is 10.00. The minimum absolute atomic E-state index is 0.0312. The summed E-state index contributed by atoms with van der Waals surface area (Å²) in [5.74, 6) is -0.585. The summed E-state index contributed by atoms with van der Waals surface area (Å²) in [5, 5.41) is 3.03. The van der Waals surface area contributed by atoms with Crippen molar-refractivity contribution in [3.63, 3.8) is 0 Å². The van der Waals surface area contributed by atoms with Crippen LogP contribution in [0.25, 0.3) is 0 Å². The number of hydrogen-bond donors (Lipinski definition) is 1. The van der Waals surface area contributed by atoms with Crippen molar-refractivity contribution in [3.05, 3.63) is 85.1 Å². The number of esters is 1. The molecule has 0 heterocycles. The summed E-state index contributed by atoms with van der Waals surface area (Å²) in [5.41, 5.74) is 0. The third kappa shape index (κ3) is 63.5. The molecule has 10 heteroatoms. The molecular formula is C73H133N2O7P. The summed E-state index contributed by atoms with van der Waals surface area (Å²) in [6.45, 7) is 6.73. The van der Waals surface area contributed by atoms with Crippen molar-refractivity contribution in [1.29, 1.82) is 0 Å². The summed E-state index contributed by atoms with van der Waals surface area (Å²) in [4.78, 5) is 40.1. The van der Waals surface area contributed by atoms with Gasteiger partial charge in [0.2, 0.25) is 5.91 Å². The molecule has 9 nitrogen and oxygen atoms in total. The van der Waals surface area contributed by atoms with Crippen LogP contribution in [-0.2, 0) is 27.9 Å². The molecule has 0 spiro atoms. The van der Waals surface area contributed by atoms with Gasteiger partial charge in [-0.2, -0.15) is 0 Å². The molecule has 0 aromatic rings. The average Bonchev–Trinajstić information content (AvgIpc) is 3.51. The normalized spacial score (nSPS) is 14.1. The van der Waals surface area contributed by atoms with E-state index in [0.717, 1.165) is 89.9 Å². The van der Waals surface area contributed by atoms with Crippen LogP contribution in [0.5, 0.6) is 0 Å². The van der Waals surface area contributed by atoms with E-state index in [2.05, 4.69) is 99.0 Å². The van der Waals surface area contributed by atoms with E-state index in [1.807, 2.05) is 33.3 Å². The van der Waals surface area contributed by atoms with Gasteiger partial charge < -0.3 is 28.5 Å². The number of amides is 1. The third-order valence-corrected chi connectivity index (χ3v) is 16.3. The van der Waals surface area contributed by atoms with Gasteiger partial charge in [-0.05, 0) is 83.1 Å². The van der Waals surface area contributed by atoms with Gasteiger partial charge in [0.1, 0.15) is 19.3 Å². The van der Waals surface area contributed by atoms with Gasteiger partial charge in [-0.15, -0.1) is 0 Å². The number of hydrogen-bond acceptors (Lipinski definition) is 7. The van der Waals surface area contributed by atoms with Crippen LogP contribution in [0.1, 0.15) is 316 Å². The van der Waals surface area contributed by atoms with Crippen LogP contribution in [0.3, 0.4) is 0 Å². The first-order valence-corrected chi connectivity index (χ1v) is 36.4. The molecular weight excluding hydrogens is 1050 g/mol. The Balaban J connectivity index is 5.09. The van der Waals surface area contributed by atoms with Crippen molar-refractivity contribution in [1.82, 2.24) is 5.32 Å². The van der Waals surface area contributed by atoms with E-state index < -0.39 is 26.6 Å². The fourth-order valence-corrected chi connectivity index (χ4v) is 10.7. The molecule has 0 radical (unpaired) electrons. The third-order valence-electron chi connectivity index (χ3n) is 15.3. The summed E-state index contributed by atoms with van der Waals surface area (Å²) in [7, 11) is 1.16. The molecule has 3 unspecified atom stereocenters. The lowest BCUT2D eigenvalue weighted by Gasteiger charge is -2.30. The Morgan fingerprint density at radius 1 is 0.434 bits per heavy atom. The largest absolute Gasteiger partial charge is 0.756 e. The smallest absolute Gasteiger partial charge is 0.306 e. The quantitative estimate of drug-likeness (QED) is 0.0212. The Hall–Kier alpha value is -2.81. The number of phosphoric acid groups is 1. The molecule has 0 rings (SSSR count). The number of carbonyl (C=O) groups is 2. The maximum atomic E-state index is 13.6. The van der Waals surface area contributed by atoms with Gasteiger partial charge in [-0.25, -0.2) is 0 Å². The van der Waals surface area contributed by atoms with Crippen LogP contribution in [-0.4, -0.2) is 69.4 Å². The van der Waals surface area contributed by atoms with E-state index in [4.69, 9.17) is 13.8 Å². The molecule has 0 aliphatic heterocycles. The van der Waals surface area contributed by atoms with Gasteiger partial charge in [0.05, 0.1) is 33.8 Å². The second-order valence-electron chi connectivity index (χ2n) is 24.7. The number of ether oxygens (including phenoxy) is 1. The van der Waals surface area contributed by atoms with Crippen LogP contribution >= 0.6 is 7.82 Å². The predicted octanol–water partition coefficient (Wildman–Crippen LogP) is 21.5. The molecule has 0 bridgehead atoms. The Morgan fingerprint density at radius 3 is 1.17 bits per heavy atom. The summed E-state index contributed by atoms with van der Waals surface area (Å²) in [6, 6.07) is -0.909. The number of phosphoric ester groups is 1. The number of likely N-dealkylation sites (N-methyl/N-ethyl adjacent to an activating group) is 1. The number of quaternary nitrogens is 1. The predicted molar refractivity (Wildman–Crippen MR) is 358 cm³/mol. The lowest BCUT2D eigenvalue weighted by Crippen LogP contribution is -2.47. The maximum Gasteiger partial charge on any atom is 0.306 e. The zero-order valence-electron chi connectivity index (χ0n) is 55.1. The Kier molecular flexibility index (Phi) is 60.1. The molecule has 0 fully saturated rings. The van der Waals surface area contributed by atoms with Gasteiger partial charge in [-0.1, -0.05) is 305 Å². The highest BCUT2D eigenvalue weighted by molar-refractivity contribution is 7.45. The van der Waals surface area contributed by atoms with Crippen LogP contribution in [0.4, 0.5) is 0 Å². The summed E-state index contributed by atoms with van der Waals surface area (Å²) in [6.07, 6.45) is 82.9. The zero-order valence-corrected chi connectivity index (χ0v) is 56.0. The van der Waals surface area contributed by atoms with Crippen LogP contribution < -0.4 is 10.2 Å². The van der Waals surface area contributed by atoms with E-state index >= 15 is 0 Å². The number of allylic oxidation sites excluding steroid dienone is 13. The second kappa shape index (κ2) is 62.2. The van der Waals surface area contributed by atoms with Crippen molar-refractivity contribution >= 4 is 19.7 Å². The molecule has 3 atom stereocenters. The maximum absolute atomic E-state index is 13.6. The zero-order chi connectivity index (χ0) is 60.7. The first kappa shape index (κ1) is 80.2.